The van der Waals surface area contributed by atoms with Gasteiger partial charge < -0.3 is 5.32 Å². The fourth-order valence-corrected chi connectivity index (χ4v) is 0.275. The Kier molecular flexibility index (Phi) is 2.92. The Balaban J connectivity index is 3.18. The summed E-state index contributed by atoms with van der Waals surface area (Å²) in [5.41, 5.74) is 0.972. The monoisotopic (exact) mass is 113 g/mol. The van der Waals surface area contributed by atoms with E-state index in [-0.39, 0.29) is 5.91 Å². The molecule has 1 amide bonds. The van der Waals surface area contributed by atoms with Gasteiger partial charge in [-0.25, -0.2) is 0 Å². The molecule has 0 aliphatic heterocycles. The van der Waals surface area contributed by atoms with Gasteiger partial charge in [0.15, 0.2) is 0 Å². The molecule has 0 aliphatic carbocycles. The minimum atomic E-state index is -0.00648. The van der Waals surface area contributed by atoms with Gasteiger partial charge in [0.25, 0.3) is 0 Å². The molecule has 0 radical (unpaired) electrons. The first-order chi connectivity index (χ1) is 3.63. The first kappa shape index (κ1) is 7.21. The zero-order valence-corrected chi connectivity index (χ0v) is 5.32. The summed E-state index contributed by atoms with van der Waals surface area (Å²) in [6, 6.07) is 0. The van der Waals surface area contributed by atoms with Crippen LogP contribution in [0.1, 0.15) is 13.8 Å². The number of hydrogen-bond acceptors (Lipinski definition) is 1. The lowest BCUT2D eigenvalue weighted by Gasteiger charge is -1.97. The van der Waals surface area contributed by atoms with Gasteiger partial charge in [-0.05, 0) is 6.92 Å². The number of hydrogen-bond donors (Lipinski definition) is 1. The molecule has 0 saturated heterocycles. The highest BCUT2D eigenvalue weighted by Crippen LogP contribution is 1.79. The van der Waals surface area contributed by atoms with Crippen molar-refractivity contribution in [2.75, 3.05) is 6.54 Å². The summed E-state index contributed by atoms with van der Waals surface area (Å²) in [4.78, 5) is 10.2. The molecule has 0 aromatic carbocycles. The molecule has 0 heterocycles. The van der Waals surface area contributed by atoms with E-state index < -0.39 is 0 Å². The van der Waals surface area contributed by atoms with E-state index in [2.05, 4.69) is 11.9 Å². The van der Waals surface area contributed by atoms with Gasteiger partial charge in [0, 0.05) is 13.5 Å². The Labute approximate surface area is 49.6 Å². The minimum Gasteiger partial charge on any atom is -0.353 e. The average Bonchev–Trinajstić information content (AvgIpc) is 1.61. The highest BCUT2D eigenvalue weighted by atomic mass is 16.1. The molecule has 2 heteroatoms. The Bertz CT molecular complexity index is 93.1. The third kappa shape index (κ3) is 5.21. The van der Waals surface area contributed by atoms with Crippen molar-refractivity contribution < 1.29 is 4.79 Å². The predicted molar refractivity (Wildman–Crippen MR) is 33.5 cm³/mol. The maximum Gasteiger partial charge on any atom is 0.217 e. The van der Waals surface area contributed by atoms with E-state index in [1.165, 1.54) is 6.92 Å². The number of carbonyl (C=O) groups is 1. The second kappa shape index (κ2) is 3.24. The number of carbonyl (C=O) groups excluding carboxylic acids is 1. The largest absolute Gasteiger partial charge is 0.353 e. The van der Waals surface area contributed by atoms with Crippen LogP contribution in [0.5, 0.6) is 0 Å². The van der Waals surface area contributed by atoms with Crippen molar-refractivity contribution in [1.29, 1.82) is 0 Å². The third-order valence-electron chi connectivity index (χ3n) is 0.639. The molecule has 0 aromatic heterocycles. The molecule has 46 valence electrons. The summed E-state index contributed by atoms with van der Waals surface area (Å²) in [5.74, 6) is -0.00648. The van der Waals surface area contributed by atoms with Gasteiger partial charge in [0.2, 0.25) is 5.91 Å². The smallest absolute Gasteiger partial charge is 0.217 e. The van der Waals surface area contributed by atoms with Gasteiger partial charge in [0.1, 0.15) is 0 Å². The molecular weight excluding hydrogens is 102 g/mol. The number of amides is 1. The molecule has 2 nitrogen and oxygen atoms in total. The molecule has 0 unspecified atom stereocenters. The van der Waals surface area contributed by atoms with E-state index in [4.69, 9.17) is 0 Å². The molecule has 0 rings (SSSR count). The summed E-state index contributed by atoms with van der Waals surface area (Å²) in [6.07, 6.45) is 0. The van der Waals surface area contributed by atoms with E-state index in [1.807, 2.05) is 6.92 Å². The fraction of sp³-hybridized carbons (Fsp3) is 0.500. The summed E-state index contributed by atoms with van der Waals surface area (Å²) in [5, 5.41) is 2.61. The molecule has 0 saturated carbocycles. The van der Waals surface area contributed by atoms with Gasteiger partial charge >= 0.3 is 0 Å². The highest BCUT2D eigenvalue weighted by Gasteiger charge is 1.86. The predicted octanol–water partition coefficient (Wildman–Crippen LogP) is 0.699. The molecule has 0 aromatic rings. The standard InChI is InChI=1S/C6H11NO/c1-5(2)4-7-6(3)8/h1,4H2,2-3H3,(H,7,8). The maximum absolute atomic E-state index is 10.2. The number of nitrogens with one attached hydrogen (secondary N) is 1. The van der Waals surface area contributed by atoms with Crippen LogP contribution in [0.3, 0.4) is 0 Å². The van der Waals surface area contributed by atoms with Crippen LogP contribution in [0.4, 0.5) is 0 Å². The van der Waals surface area contributed by atoms with Gasteiger partial charge in [-0.15, -0.1) is 0 Å². The SMILES string of the molecule is C=C(C)CNC(C)=O. The van der Waals surface area contributed by atoms with Crippen LogP contribution in [0.25, 0.3) is 0 Å². The van der Waals surface area contributed by atoms with Crippen molar-refractivity contribution in [1.82, 2.24) is 5.32 Å². The van der Waals surface area contributed by atoms with Crippen molar-refractivity contribution in [3.63, 3.8) is 0 Å². The third-order valence-corrected chi connectivity index (χ3v) is 0.639. The van der Waals surface area contributed by atoms with Crippen molar-refractivity contribution in [3.05, 3.63) is 12.2 Å². The summed E-state index contributed by atoms with van der Waals surface area (Å²) in [6.45, 7) is 7.56. The van der Waals surface area contributed by atoms with Crippen molar-refractivity contribution in [3.8, 4) is 0 Å². The Morgan fingerprint density at radius 2 is 2.12 bits per heavy atom. The van der Waals surface area contributed by atoms with Crippen LogP contribution in [0, 0.1) is 0 Å². The second-order valence-electron chi connectivity index (χ2n) is 1.87. The number of rotatable bonds is 2. The lowest BCUT2D eigenvalue weighted by molar-refractivity contribution is -0.118. The summed E-state index contributed by atoms with van der Waals surface area (Å²) >= 11 is 0. The van der Waals surface area contributed by atoms with E-state index in [9.17, 15) is 4.79 Å². The van der Waals surface area contributed by atoms with Crippen LogP contribution >= 0.6 is 0 Å². The van der Waals surface area contributed by atoms with Gasteiger partial charge in [0.05, 0.1) is 0 Å². The maximum atomic E-state index is 10.2. The molecule has 0 spiro atoms. The van der Waals surface area contributed by atoms with Crippen molar-refractivity contribution in [2.45, 2.75) is 13.8 Å². The zero-order chi connectivity index (χ0) is 6.57. The first-order valence-electron chi connectivity index (χ1n) is 2.51. The molecular formula is C6H11NO. The van der Waals surface area contributed by atoms with E-state index in [1.54, 1.807) is 0 Å². The Hall–Kier alpha value is -0.790. The average molecular weight is 113 g/mol. The second-order valence-corrected chi connectivity index (χ2v) is 1.87. The lowest BCUT2D eigenvalue weighted by Crippen LogP contribution is -2.21. The van der Waals surface area contributed by atoms with E-state index >= 15 is 0 Å². The quantitative estimate of drug-likeness (QED) is 0.525. The summed E-state index contributed by atoms with van der Waals surface area (Å²) < 4.78 is 0. The molecule has 1 N–H and O–H groups in total. The van der Waals surface area contributed by atoms with Gasteiger partial charge in [-0.1, -0.05) is 12.2 Å². The lowest BCUT2D eigenvalue weighted by atomic mass is 10.3. The topological polar surface area (TPSA) is 29.1 Å². The molecule has 0 aliphatic rings. The van der Waals surface area contributed by atoms with E-state index in [0.29, 0.717) is 6.54 Å². The highest BCUT2D eigenvalue weighted by molar-refractivity contribution is 5.73. The molecule has 8 heavy (non-hydrogen) atoms. The van der Waals surface area contributed by atoms with Crippen LogP contribution in [0.2, 0.25) is 0 Å². The Morgan fingerprint density at radius 3 is 2.25 bits per heavy atom. The van der Waals surface area contributed by atoms with Gasteiger partial charge in [-0.3, -0.25) is 4.79 Å². The molecule has 0 fully saturated rings. The first-order valence-corrected chi connectivity index (χ1v) is 2.51. The van der Waals surface area contributed by atoms with Crippen LogP contribution in [-0.4, -0.2) is 12.5 Å². The zero-order valence-electron chi connectivity index (χ0n) is 5.32. The van der Waals surface area contributed by atoms with Crippen LogP contribution in [-0.2, 0) is 4.79 Å². The van der Waals surface area contributed by atoms with Crippen molar-refractivity contribution >= 4 is 5.91 Å². The van der Waals surface area contributed by atoms with Crippen molar-refractivity contribution in [2.24, 2.45) is 0 Å². The minimum absolute atomic E-state index is 0.00648. The van der Waals surface area contributed by atoms with E-state index in [0.717, 1.165) is 5.57 Å². The van der Waals surface area contributed by atoms with Crippen LogP contribution < -0.4 is 5.32 Å². The molecule has 0 atom stereocenters. The molecule has 0 bridgehead atoms. The summed E-state index contributed by atoms with van der Waals surface area (Å²) in [7, 11) is 0. The normalized spacial score (nSPS) is 8.25. The fourth-order valence-electron chi connectivity index (χ4n) is 0.275. The Morgan fingerprint density at radius 1 is 1.62 bits per heavy atom. The van der Waals surface area contributed by atoms with Gasteiger partial charge in [-0.2, -0.15) is 0 Å². The van der Waals surface area contributed by atoms with Crippen LogP contribution in [0.15, 0.2) is 12.2 Å².